The largest absolute Gasteiger partial charge is 0.463 e. The fraction of sp³-hybridized carbons (Fsp3) is 0.500. The van der Waals surface area contributed by atoms with E-state index in [2.05, 4.69) is 13.2 Å². The number of hydrogen-bond donors (Lipinski definition) is 2. The number of carbonyl (C=O) groups excluding carboxylic acids is 3. The lowest BCUT2D eigenvalue weighted by Gasteiger charge is -2.28. The summed E-state index contributed by atoms with van der Waals surface area (Å²) in [4.78, 5) is 35.7. The van der Waals surface area contributed by atoms with E-state index in [0.717, 1.165) is 5.57 Å². The zero-order valence-corrected chi connectivity index (χ0v) is 17.3. The maximum atomic E-state index is 12.6. The number of aliphatic hydroxyl groups is 2. The normalized spacial score (nSPS) is 27.0. The van der Waals surface area contributed by atoms with Gasteiger partial charge in [0.1, 0.15) is 24.9 Å². The van der Waals surface area contributed by atoms with Crippen molar-refractivity contribution in [3.63, 3.8) is 0 Å². The van der Waals surface area contributed by atoms with Gasteiger partial charge >= 0.3 is 17.9 Å². The Hall–Kier alpha value is -2.71. The lowest BCUT2D eigenvalue weighted by atomic mass is 9.85. The summed E-state index contributed by atoms with van der Waals surface area (Å²) < 4.78 is 15.7. The van der Waals surface area contributed by atoms with Crippen molar-refractivity contribution in [3.8, 4) is 0 Å². The van der Waals surface area contributed by atoms with E-state index in [1.54, 1.807) is 6.08 Å². The van der Waals surface area contributed by atoms with E-state index in [1.165, 1.54) is 6.92 Å². The van der Waals surface area contributed by atoms with E-state index in [0.29, 0.717) is 24.8 Å². The van der Waals surface area contributed by atoms with E-state index in [-0.39, 0.29) is 17.8 Å². The number of fused-ring (bicyclic) bond motifs is 1. The minimum Gasteiger partial charge on any atom is -0.463 e. The Kier molecular flexibility index (Phi) is 8.14. The molecule has 0 saturated carbocycles. The van der Waals surface area contributed by atoms with E-state index < -0.39 is 48.7 Å². The van der Waals surface area contributed by atoms with E-state index in [4.69, 9.17) is 14.2 Å². The Balaban J connectivity index is 2.26. The summed E-state index contributed by atoms with van der Waals surface area (Å²) >= 11 is 0. The predicted octanol–water partition coefficient (Wildman–Crippen LogP) is 1.53. The molecule has 164 valence electrons. The smallest absolute Gasteiger partial charge is 0.336 e. The highest BCUT2D eigenvalue weighted by molar-refractivity contribution is 5.92. The van der Waals surface area contributed by atoms with E-state index >= 15 is 0 Å². The average Bonchev–Trinajstić information content (AvgIpc) is 2.97. The van der Waals surface area contributed by atoms with Gasteiger partial charge in [0.25, 0.3) is 0 Å². The second-order valence-corrected chi connectivity index (χ2v) is 7.48. The number of allylic oxidation sites excluding steroid dienone is 1. The van der Waals surface area contributed by atoms with Crippen LogP contribution in [0.15, 0.2) is 47.6 Å². The van der Waals surface area contributed by atoms with Crippen LogP contribution in [0.1, 0.15) is 33.1 Å². The number of hydrogen-bond acceptors (Lipinski definition) is 8. The third-order valence-corrected chi connectivity index (χ3v) is 5.11. The Morgan fingerprint density at radius 2 is 2.10 bits per heavy atom. The van der Waals surface area contributed by atoms with Crippen molar-refractivity contribution in [3.05, 3.63) is 47.6 Å². The summed E-state index contributed by atoms with van der Waals surface area (Å²) in [6, 6.07) is 0. The minimum atomic E-state index is -1.42. The Morgan fingerprint density at radius 1 is 1.40 bits per heavy atom. The third kappa shape index (κ3) is 5.90. The summed E-state index contributed by atoms with van der Waals surface area (Å²) in [6.45, 7) is 9.81. The minimum absolute atomic E-state index is 0.172. The number of carbonyl (C=O) groups is 3. The molecule has 0 aromatic heterocycles. The van der Waals surface area contributed by atoms with Crippen molar-refractivity contribution < 1.29 is 38.8 Å². The van der Waals surface area contributed by atoms with E-state index in [1.807, 2.05) is 13.0 Å². The first-order chi connectivity index (χ1) is 14.1. The molecule has 0 radical (unpaired) electrons. The topological polar surface area (TPSA) is 119 Å². The van der Waals surface area contributed by atoms with Crippen LogP contribution in [0, 0.1) is 5.92 Å². The molecular formula is C22H28O8. The highest BCUT2D eigenvalue weighted by atomic mass is 16.6. The standard InChI is InChI=1S/C22H28O8/c1-12-6-5-7-16(10-23)9-19-20(14(3)22(27)30-19)18(8-12)29-21(26)13(2)17(25)11-28-15(4)24/h6,9,17-20,23,25H,2-3,5,7-8,10-11H2,1,4H3/b12-6?,16-9-/t17?,18-,19+,20+/m0/s1. The van der Waals surface area contributed by atoms with Gasteiger partial charge in [-0.3, -0.25) is 4.79 Å². The van der Waals surface area contributed by atoms with Crippen LogP contribution in [0.3, 0.4) is 0 Å². The van der Waals surface area contributed by atoms with Gasteiger partial charge in [0, 0.05) is 18.9 Å². The van der Waals surface area contributed by atoms with Crippen LogP contribution in [-0.2, 0) is 28.6 Å². The van der Waals surface area contributed by atoms with Crippen LogP contribution < -0.4 is 0 Å². The molecule has 4 atom stereocenters. The molecule has 2 aliphatic rings. The predicted molar refractivity (Wildman–Crippen MR) is 107 cm³/mol. The van der Waals surface area contributed by atoms with E-state index in [9.17, 15) is 24.6 Å². The molecule has 8 heteroatoms. The fourth-order valence-electron chi connectivity index (χ4n) is 3.42. The highest BCUT2D eigenvalue weighted by Gasteiger charge is 2.44. The van der Waals surface area contributed by atoms with Gasteiger partial charge in [-0.05, 0) is 31.4 Å². The molecule has 0 spiro atoms. The maximum Gasteiger partial charge on any atom is 0.336 e. The molecule has 1 heterocycles. The van der Waals surface area contributed by atoms with Crippen LogP contribution in [0.4, 0.5) is 0 Å². The lowest BCUT2D eigenvalue weighted by Crippen LogP contribution is -2.35. The molecule has 2 N–H and O–H groups in total. The highest BCUT2D eigenvalue weighted by Crippen LogP contribution is 2.36. The lowest BCUT2D eigenvalue weighted by molar-refractivity contribution is -0.151. The number of aliphatic hydroxyl groups excluding tert-OH is 2. The van der Waals surface area contributed by atoms with Gasteiger partial charge in [-0.15, -0.1) is 0 Å². The van der Waals surface area contributed by atoms with Crippen molar-refractivity contribution in [1.82, 2.24) is 0 Å². The zero-order valence-electron chi connectivity index (χ0n) is 17.3. The SMILES string of the molecule is C=C(C(=O)O[C@H]1CC(C)=CCC/C(CO)=C/[C@H]2OC(=O)C(=C)[C@H]12)C(O)COC(C)=O. The third-order valence-electron chi connectivity index (χ3n) is 5.11. The average molecular weight is 420 g/mol. The quantitative estimate of drug-likeness (QED) is 0.287. The molecule has 0 bridgehead atoms. The number of rotatable bonds is 6. The van der Waals surface area contributed by atoms with Crippen LogP contribution in [0.2, 0.25) is 0 Å². The van der Waals surface area contributed by atoms with Crippen LogP contribution >= 0.6 is 0 Å². The zero-order chi connectivity index (χ0) is 22.4. The van der Waals surface area contributed by atoms with Gasteiger partial charge < -0.3 is 24.4 Å². The van der Waals surface area contributed by atoms with Crippen molar-refractivity contribution >= 4 is 17.9 Å². The van der Waals surface area contributed by atoms with Gasteiger partial charge in [0.2, 0.25) is 0 Å². The second kappa shape index (κ2) is 10.4. The van der Waals surface area contributed by atoms with Gasteiger partial charge in [0.15, 0.2) is 0 Å². The first-order valence-corrected chi connectivity index (χ1v) is 9.71. The van der Waals surface area contributed by atoms with Crippen LogP contribution in [0.25, 0.3) is 0 Å². The summed E-state index contributed by atoms with van der Waals surface area (Å²) in [5, 5.41) is 19.6. The summed E-state index contributed by atoms with van der Waals surface area (Å²) in [5.74, 6) is -2.71. The second-order valence-electron chi connectivity index (χ2n) is 7.48. The molecule has 0 amide bonds. The first-order valence-electron chi connectivity index (χ1n) is 9.71. The molecule has 0 aromatic carbocycles. The Bertz CT molecular complexity index is 791. The molecule has 2 rings (SSSR count). The maximum absolute atomic E-state index is 12.6. The molecule has 1 aliphatic carbocycles. The van der Waals surface area contributed by atoms with Crippen molar-refractivity contribution in [2.24, 2.45) is 5.92 Å². The molecule has 8 nitrogen and oxygen atoms in total. The monoisotopic (exact) mass is 420 g/mol. The van der Waals surface area contributed by atoms with Crippen molar-refractivity contribution in [2.75, 3.05) is 13.2 Å². The van der Waals surface area contributed by atoms with Gasteiger partial charge in [0.05, 0.1) is 18.1 Å². The van der Waals surface area contributed by atoms with Gasteiger partial charge in [-0.25, -0.2) is 9.59 Å². The van der Waals surface area contributed by atoms with Gasteiger partial charge in [-0.1, -0.05) is 24.8 Å². The molecule has 30 heavy (non-hydrogen) atoms. The summed E-state index contributed by atoms with van der Waals surface area (Å²) in [7, 11) is 0. The molecule has 1 saturated heterocycles. The molecule has 1 aliphatic heterocycles. The van der Waals surface area contributed by atoms with Gasteiger partial charge in [-0.2, -0.15) is 0 Å². The van der Waals surface area contributed by atoms with Crippen molar-refractivity contribution in [1.29, 1.82) is 0 Å². The Morgan fingerprint density at radius 3 is 2.73 bits per heavy atom. The summed E-state index contributed by atoms with van der Waals surface area (Å²) in [6.07, 6.45) is 2.34. The number of ether oxygens (including phenoxy) is 3. The number of esters is 3. The molecular weight excluding hydrogens is 392 g/mol. The fourth-order valence-corrected chi connectivity index (χ4v) is 3.42. The van der Waals surface area contributed by atoms with Crippen LogP contribution in [-0.4, -0.2) is 59.6 Å². The van der Waals surface area contributed by atoms with Crippen LogP contribution in [0.5, 0.6) is 0 Å². The summed E-state index contributed by atoms with van der Waals surface area (Å²) in [5.41, 5.74) is 1.55. The molecule has 1 fully saturated rings. The first kappa shape index (κ1) is 23.6. The van der Waals surface area contributed by atoms with Crippen molar-refractivity contribution in [2.45, 2.75) is 51.4 Å². The molecule has 0 aromatic rings. The molecule has 1 unspecified atom stereocenters. The Labute approximate surface area is 175 Å².